The first kappa shape index (κ1) is 20.2. The zero-order chi connectivity index (χ0) is 20.6. The Kier molecular flexibility index (Phi) is 5.64. The molecule has 144 valence electrons. The average molecular weight is 416 g/mol. The third-order valence-corrected chi connectivity index (χ3v) is 5.52. The predicted octanol–water partition coefficient (Wildman–Crippen LogP) is 5.49. The molecule has 0 aliphatic carbocycles. The van der Waals surface area contributed by atoms with E-state index in [0.717, 1.165) is 16.8 Å². The van der Waals surface area contributed by atoms with E-state index >= 15 is 0 Å². The molecular weight excluding hydrogens is 397 g/mol. The van der Waals surface area contributed by atoms with Gasteiger partial charge >= 0.3 is 5.97 Å². The smallest absolute Gasteiger partial charge is 0.343 e. The number of benzene rings is 2. The maximum atomic E-state index is 13.1. The first-order chi connectivity index (χ1) is 13.2. The average Bonchev–Trinajstić information content (AvgIpc) is 2.90. The summed E-state index contributed by atoms with van der Waals surface area (Å²) < 4.78 is 4.83. The van der Waals surface area contributed by atoms with E-state index in [4.69, 9.17) is 27.9 Å². The van der Waals surface area contributed by atoms with E-state index in [-0.39, 0.29) is 5.57 Å². The normalized spacial score (nSPS) is 15.6. The number of ether oxygens (including phenoxy) is 1. The minimum absolute atomic E-state index is 0.0204. The number of halogens is 2. The van der Waals surface area contributed by atoms with Crippen molar-refractivity contribution in [1.82, 2.24) is 0 Å². The lowest BCUT2D eigenvalue weighted by molar-refractivity contribution is -0.137. The van der Waals surface area contributed by atoms with Crippen molar-refractivity contribution in [2.24, 2.45) is 0 Å². The minimum atomic E-state index is -0.658. The number of nitrogens with zero attached hydrogens (tertiary/aromatic N) is 1. The van der Waals surface area contributed by atoms with Crippen LogP contribution < -0.4 is 4.90 Å². The van der Waals surface area contributed by atoms with E-state index in [1.807, 2.05) is 32.0 Å². The van der Waals surface area contributed by atoms with Crippen LogP contribution >= 0.6 is 23.2 Å². The van der Waals surface area contributed by atoms with E-state index in [0.29, 0.717) is 27.0 Å². The Morgan fingerprint density at radius 1 is 1.00 bits per heavy atom. The number of ketones is 1. The van der Waals surface area contributed by atoms with Crippen LogP contribution in [0.5, 0.6) is 0 Å². The van der Waals surface area contributed by atoms with Crippen LogP contribution in [0, 0.1) is 13.8 Å². The molecule has 0 saturated carbocycles. The van der Waals surface area contributed by atoms with Crippen molar-refractivity contribution in [3.63, 3.8) is 0 Å². The maximum Gasteiger partial charge on any atom is 0.343 e. The van der Waals surface area contributed by atoms with Crippen molar-refractivity contribution >= 4 is 46.7 Å². The Morgan fingerprint density at radius 3 is 2.32 bits per heavy atom. The van der Waals surface area contributed by atoms with Gasteiger partial charge in [-0.05, 0) is 67.8 Å². The van der Waals surface area contributed by atoms with Crippen LogP contribution in [0.4, 0.5) is 5.69 Å². The highest BCUT2D eigenvalue weighted by Crippen LogP contribution is 2.36. The predicted molar refractivity (Wildman–Crippen MR) is 113 cm³/mol. The Morgan fingerprint density at radius 2 is 1.71 bits per heavy atom. The van der Waals surface area contributed by atoms with Crippen molar-refractivity contribution < 1.29 is 14.3 Å². The van der Waals surface area contributed by atoms with Gasteiger partial charge in [-0.3, -0.25) is 4.79 Å². The lowest BCUT2D eigenvalue weighted by Gasteiger charge is -2.22. The van der Waals surface area contributed by atoms with E-state index in [9.17, 15) is 9.59 Å². The summed E-state index contributed by atoms with van der Waals surface area (Å²) in [5.41, 5.74) is 4.60. The molecule has 4 nitrogen and oxygen atoms in total. The number of allylic oxidation sites excluding steroid dienone is 2. The Balaban J connectivity index is 2.19. The fraction of sp³-hybridized carbons (Fsp3) is 0.182. The molecule has 0 N–H and O–H groups in total. The van der Waals surface area contributed by atoms with Gasteiger partial charge in [0.15, 0.2) is 0 Å². The van der Waals surface area contributed by atoms with Crippen molar-refractivity contribution in [3.05, 3.63) is 80.1 Å². The Bertz CT molecular complexity index is 1050. The molecule has 3 rings (SSSR count). The summed E-state index contributed by atoms with van der Waals surface area (Å²) in [5, 5.41) is 0.814. The largest absolute Gasteiger partial charge is 0.465 e. The molecular formula is C22H19Cl2NO3. The van der Waals surface area contributed by atoms with Crippen LogP contribution in [0.15, 0.2) is 53.4 Å². The molecule has 0 aromatic heterocycles. The van der Waals surface area contributed by atoms with Crippen molar-refractivity contribution in [1.29, 1.82) is 0 Å². The van der Waals surface area contributed by atoms with Crippen molar-refractivity contribution in [3.8, 4) is 0 Å². The lowest BCUT2D eigenvalue weighted by Crippen LogP contribution is -2.18. The van der Waals surface area contributed by atoms with Crippen LogP contribution in [0.2, 0.25) is 10.0 Å². The number of carbonyl (C=O) groups excluding carboxylic acids is 2. The third kappa shape index (κ3) is 3.58. The van der Waals surface area contributed by atoms with Gasteiger partial charge in [0, 0.05) is 11.4 Å². The number of methoxy groups -OCH3 is 1. The summed E-state index contributed by atoms with van der Waals surface area (Å²) in [4.78, 5) is 27.1. The number of carbonyl (C=O) groups is 2. The monoisotopic (exact) mass is 415 g/mol. The van der Waals surface area contributed by atoms with Crippen molar-refractivity contribution in [2.45, 2.75) is 20.8 Å². The highest BCUT2D eigenvalue weighted by Gasteiger charge is 2.38. The fourth-order valence-electron chi connectivity index (χ4n) is 3.12. The molecule has 1 aliphatic rings. The van der Waals surface area contributed by atoms with Gasteiger partial charge < -0.3 is 9.64 Å². The first-order valence-electron chi connectivity index (χ1n) is 8.62. The van der Waals surface area contributed by atoms with Gasteiger partial charge in [-0.1, -0.05) is 35.3 Å². The van der Waals surface area contributed by atoms with Crippen LogP contribution in [0.3, 0.4) is 0 Å². The van der Waals surface area contributed by atoms with E-state index in [1.165, 1.54) is 7.11 Å². The molecule has 0 bridgehead atoms. The zero-order valence-corrected chi connectivity index (χ0v) is 17.5. The van der Waals surface area contributed by atoms with Gasteiger partial charge in [0.2, 0.25) is 5.78 Å². The molecule has 0 atom stereocenters. The van der Waals surface area contributed by atoms with Gasteiger partial charge in [0.1, 0.15) is 5.57 Å². The summed E-state index contributed by atoms with van der Waals surface area (Å²) in [6, 6.07) is 11.0. The summed E-state index contributed by atoms with van der Waals surface area (Å²) in [7, 11) is 1.26. The molecule has 1 heterocycles. The van der Waals surface area contributed by atoms with Gasteiger partial charge in [-0.2, -0.15) is 0 Å². The van der Waals surface area contributed by atoms with E-state index in [1.54, 1.807) is 36.1 Å². The van der Waals surface area contributed by atoms with E-state index in [2.05, 4.69) is 0 Å². The van der Waals surface area contributed by atoms with Crippen molar-refractivity contribution in [2.75, 3.05) is 12.0 Å². The summed E-state index contributed by atoms with van der Waals surface area (Å²) in [6.45, 7) is 5.75. The zero-order valence-electron chi connectivity index (χ0n) is 16.0. The molecule has 0 amide bonds. The van der Waals surface area contributed by atoms with E-state index < -0.39 is 11.8 Å². The molecule has 28 heavy (non-hydrogen) atoms. The molecule has 6 heteroatoms. The van der Waals surface area contributed by atoms with Crippen LogP contribution in [0.25, 0.3) is 6.08 Å². The molecule has 0 saturated heterocycles. The summed E-state index contributed by atoms with van der Waals surface area (Å²) in [5.74, 6) is -1.05. The molecule has 0 fully saturated rings. The number of anilines is 1. The summed E-state index contributed by atoms with van der Waals surface area (Å²) in [6.07, 6.45) is 1.69. The molecule has 1 aliphatic heterocycles. The topological polar surface area (TPSA) is 46.6 Å². The highest BCUT2D eigenvalue weighted by molar-refractivity contribution is 6.42. The number of aryl methyl sites for hydroxylation is 2. The van der Waals surface area contributed by atoms with Gasteiger partial charge in [0.05, 0.1) is 22.9 Å². The molecule has 2 aromatic carbocycles. The summed E-state index contributed by atoms with van der Waals surface area (Å²) >= 11 is 12.1. The molecule has 0 unspecified atom stereocenters. The second kappa shape index (κ2) is 7.82. The van der Waals surface area contributed by atoms with Gasteiger partial charge in [-0.25, -0.2) is 4.79 Å². The maximum absolute atomic E-state index is 13.1. The molecule has 0 spiro atoms. The Labute approximate surface area is 174 Å². The number of Topliss-reactive ketones (excluding diaryl/α,β-unsaturated/α-hetero) is 1. The number of hydrogen-bond acceptors (Lipinski definition) is 4. The van der Waals surface area contributed by atoms with Gasteiger partial charge in [0.25, 0.3) is 0 Å². The molecule has 0 radical (unpaired) electrons. The number of esters is 1. The minimum Gasteiger partial charge on any atom is -0.465 e. The van der Waals surface area contributed by atoms with Crippen LogP contribution in [-0.4, -0.2) is 18.9 Å². The lowest BCUT2D eigenvalue weighted by atomic mass is 10.1. The van der Waals surface area contributed by atoms with Crippen LogP contribution in [-0.2, 0) is 14.3 Å². The second-order valence-corrected chi connectivity index (χ2v) is 7.40. The second-order valence-electron chi connectivity index (χ2n) is 6.59. The van der Waals surface area contributed by atoms with Gasteiger partial charge in [-0.15, -0.1) is 0 Å². The number of rotatable bonds is 3. The SMILES string of the molecule is COC(=O)C1=C(C)N(c2ccc(C)c(C)c2)C(=Cc2ccc(Cl)c(Cl)c2)C1=O. The Hall–Kier alpha value is -2.56. The third-order valence-electron chi connectivity index (χ3n) is 4.78. The first-order valence-corrected chi connectivity index (χ1v) is 9.38. The number of hydrogen-bond donors (Lipinski definition) is 0. The standard InChI is InChI=1S/C22H19Cl2NO3/c1-12-5-7-16(9-13(12)2)25-14(3)20(22(27)28-4)21(26)19(25)11-15-6-8-17(23)18(24)10-15/h5-11H,1-4H3. The highest BCUT2D eigenvalue weighted by atomic mass is 35.5. The quantitative estimate of drug-likeness (QED) is 0.377. The van der Waals surface area contributed by atoms with Crippen LogP contribution in [0.1, 0.15) is 23.6 Å². The fourth-order valence-corrected chi connectivity index (χ4v) is 3.42. The molecule has 2 aromatic rings.